The molecule has 0 radical (unpaired) electrons. The number of nitrogens with two attached hydrogens (primary N) is 1. The van der Waals surface area contributed by atoms with Crippen molar-refractivity contribution in [1.82, 2.24) is 4.57 Å². The fraction of sp³-hybridized carbons (Fsp3) is 0. The lowest BCUT2D eigenvalue weighted by Gasteiger charge is -2.12. The second-order valence-electron chi connectivity index (χ2n) is 10.0. The molecular weight excluding hydrogens is 492 g/mol. The molecule has 3 heteroatoms. The maximum Gasteiger partial charge on any atom is 0.0547 e. The Balaban J connectivity index is 1.39. The lowest BCUT2D eigenvalue weighted by molar-refractivity contribution is 1.18. The maximum atomic E-state index is 6.35. The fourth-order valence-corrected chi connectivity index (χ4v) is 7.20. The third-order valence-electron chi connectivity index (χ3n) is 7.77. The number of anilines is 1. The van der Waals surface area contributed by atoms with Crippen LogP contribution in [-0.2, 0) is 0 Å². The van der Waals surface area contributed by atoms with Crippen LogP contribution in [0.15, 0.2) is 133 Å². The Morgan fingerprint density at radius 1 is 0.487 bits per heavy atom. The van der Waals surface area contributed by atoms with Crippen LogP contribution in [-0.4, -0.2) is 4.57 Å². The van der Waals surface area contributed by atoms with E-state index in [9.17, 15) is 0 Å². The van der Waals surface area contributed by atoms with E-state index in [-0.39, 0.29) is 0 Å². The average Bonchev–Trinajstić information content (AvgIpc) is 3.53. The molecule has 39 heavy (non-hydrogen) atoms. The molecule has 2 N–H and O–H groups in total. The molecule has 0 aliphatic carbocycles. The van der Waals surface area contributed by atoms with Gasteiger partial charge in [0.2, 0.25) is 0 Å². The smallest absolute Gasteiger partial charge is 0.0547 e. The molecule has 0 bridgehead atoms. The number of rotatable bonds is 3. The number of hydrogen-bond acceptors (Lipinski definition) is 2. The van der Waals surface area contributed by atoms with E-state index in [4.69, 9.17) is 5.73 Å². The van der Waals surface area contributed by atoms with Crippen LogP contribution >= 0.6 is 11.3 Å². The Labute approximate surface area is 230 Å². The number of benzene rings is 6. The molecule has 0 amide bonds. The van der Waals surface area contributed by atoms with E-state index in [2.05, 4.69) is 120 Å². The van der Waals surface area contributed by atoms with Gasteiger partial charge in [0, 0.05) is 47.9 Å². The summed E-state index contributed by atoms with van der Waals surface area (Å²) in [6.45, 7) is 0. The first kappa shape index (κ1) is 22.2. The van der Waals surface area contributed by atoms with Gasteiger partial charge in [0.15, 0.2) is 0 Å². The highest BCUT2D eigenvalue weighted by atomic mass is 32.1. The average molecular weight is 517 g/mol. The van der Waals surface area contributed by atoms with Crippen molar-refractivity contribution in [1.29, 1.82) is 0 Å². The van der Waals surface area contributed by atoms with E-state index in [1.165, 1.54) is 53.1 Å². The van der Waals surface area contributed by atoms with Gasteiger partial charge in [-0.1, -0.05) is 97.1 Å². The molecular formula is C36H24N2S. The van der Waals surface area contributed by atoms with E-state index in [0.717, 1.165) is 22.5 Å². The SMILES string of the molecule is Nc1ccccc1-c1cccc(-n2c3ccccc3c3ccc(-c4cccc5c4sc4ccccc45)cc32)c1. The van der Waals surface area contributed by atoms with E-state index in [0.29, 0.717) is 0 Å². The van der Waals surface area contributed by atoms with Crippen LogP contribution in [0.5, 0.6) is 0 Å². The summed E-state index contributed by atoms with van der Waals surface area (Å²) in [4.78, 5) is 0. The molecule has 184 valence electrons. The number of hydrogen-bond donors (Lipinski definition) is 1. The molecule has 8 rings (SSSR count). The van der Waals surface area contributed by atoms with Gasteiger partial charge >= 0.3 is 0 Å². The van der Waals surface area contributed by atoms with Crippen molar-refractivity contribution in [2.24, 2.45) is 0 Å². The van der Waals surface area contributed by atoms with Crippen LogP contribution in [0.1, 0.15) is 0 Å². The molecule has 2 nitrogen and oxygen atoms in total. The molecule has 0 fully saturated rings. The number of thiophene rings is 1. The lowest BCUT2D eigenvalue weighted by atomic mass is 10.0. The van der Waals surface area contributed by atoms with Crippen LogP contribution in [0.3, 0.4) is 0 Å². The van der Waals surface area contributed by atoms with Crippen molar-refractivity contribution in [2.75, 3.05) is 5.73 Å². The number of para-hydroxylation sites is 2. The zero-order valence-electron chi connectivity index (χ0n) is 21.1. The number of nitrogens with zero attached hydrogens (tertiary/aromatic N) is 1. The number of fused-ring (bicyclic) bond motifs is 6. The molecule has 0 atom stereocenters. The van der Waals surface area contributed by atoms with Gasteiger partial charge in [0.05, 0.1) is 11.0 Å². The van der Waals surface area contributed by atoms with Crippen LogP contribution in [0, 0.1) is 0 Å². The first-order valence-electron chi connectivity index (χ1n) is 13.2. The van der Waals surface area contributed by atoms with Crippen molar-refractivity contribution in [3.8, 4) is 27.9 Å². The Morgan fingerprint density at radius 3 is 2.10 bits per heavy atom. The van der Waals surface area contributed by atoms with Gasteiger partial charge in [0.1, 0.15) is 0 Å². The van der Waals surface area contributed by atoms with Gasteiger partial charge in [0.25, 0.3) is 0 Å². The fourth-order valence-electron chi connectivity index (χ4n) is 5.96. The summed E-state index contributed by atoms with van der Waals surface area (Å²) in [5, 5.41) is 5.15. The standard InChI is InChI=1S/C36H24N2S/c37-32-16-4-1-11-26(32)23-9-7-10-25(21-23)38-33-17-5-2-12-28(33)29-20-19-24(22-34(29)38)27-14-8-15-31-30-13-3-6-18-35(30)39-36(27)31/h1-22H,37H2. The minimum absolute atomic E-state index is 0.788. The summed E-state index contributed by atoms with van der Waals surface area (Å²) in [6.07, 6.45) is 0. The monoisotopic (exact) mass is 516 g/mol. The minimum atomic E-state index is 0.788. The highest BCUT2D eigenvalue weighted by Gasteiger charge is 2.16. The van der Waals surface area contributed by atoms with Crippen molar-refractivity contribution in [3.05, 3.63) is 133 Å². The van der Waals surface area contributed by atoms with Crippen molar-refractivity contribution >= 4 is 59.0 Å². The second kappa shape index (κ2) is 8.59. The predicted octanol–water partition coefficient (Wildman–Crippen LogP) is 10.1. The van der Waals surface area contributed by atoms with Gasteiger partial charge in [-0.15, -0.1) is 11.3 Å². The summed E-state index contributed by atoms with van der Waals surface area (Å²) in [7, 11) is 0. The topological polar surface area (TPSA) is 30.9 Å². The van der Waals surface area contributed by atoms with E-state index in [1.54, 1.807) is 0 Å². The molecule has 0 saturated carbocycles. The first-order valence-corrected chi connectivity index (χ1v) is 14.0. The Kier molecular flexibility index (Phi) is 4.88. The summed E-state index contributed by atoms with van der Waals surface area (Å²) >= 11 is 1.88. The molecule has 2 aromatic heterocycles. The largest absolute Gasteiger partial charge is 0.398 e. The predicted molar refractivity (Wildman–Crippen MR) is 169 cm³/mol. The molecule has 2 heterocycles. The summed E-state index contributed by atoms with van der Waals surface area (Å²) < 4.78 is 5.05. The Bertz CT molecular complexity index is 2200. The Morgan fingerprint density at radius 2 is 1.18 bits per heavy atom. The minimum Gasteiger partial charge on any atom is -0.398 e. The van der Waals surface area contributed by atoms with Crippen LogP contribution < -0.4 is 5.73 Å². The normalized spacial score (nSPS) is 11.7. The zero-order chi connectivity index (χ0) is 25.9. The summed E-state index contributed by atoms with van der Waals surface area (Å²) in [5.41, 5.74) is 15.3. The molecule has 8 aromatic rings. The molecule has 6 aromatic carbocycles. The third kappa shape index (κ3) is 3.41. The van der Waals surface area contributed by atoms with Crippen LogP contribution in [0.2, 0.25) is 0 Å². The third-order valence-corrected chi connectivity index (χ3v) is 8.99. The highest BCUT2D eigenvalue weighted by molar-refractivity contribution is 7.26. The van der Waals surface area contributed by atoms with Crippen LogP contribution in [0.25, 0.3) is 69.9 Å². The Hall–Kier alpha value is -4.86. The van der Waals surface area contributed by atoms with E-state index >= 15 is 0 Å². The number of aromatic nitrogens is 1. The number of nitrogen functional groups attached to an aromatic ring is 1. The molecule has 0 aliphatic heterocycles. The van der Waals surface area contributed by atoms with E-state index < -0.39 is 0 Å². The molecule has 0 saturated heterocycles. The molecule has 0 spiro atoms. The van der Waals surface area contributed by atoms with Gasteiger partial charge in [-0.2, -0.15) is 0 Å². The highest BCUT2D eigenvalue weighted by Crippen LogP contribution is 2.42. The van der Waals surface area contributed by atoms with Gasteiger partial charge in [-0.3, -0.25) is 0 Å². The van der Waals surface area contributed by atoms with Gasteiger partial charge in [-0.05, 0) is 53.1 Å². The van der Waals surface area contributed by atoms with Crippen molar-refractivity contribution in [2.45, 2.75) is 0 Å². The molecule has 0 unspecified atom stereocenters. The van der Waals surface area contributed by atoms with E-state index in [1.807, 2.05) is 29.5 Å². The zero-order valence-corrected chi connectivity index (χ0v) is 22.0. The second-order valence-corrected chi connectivity index (χ2v) is 11.1. The van der Waals surface area contributed by atoms with Crippen molar-refractivity contribution in [3.63, 3.8) is 0 Å². The van der Waals surface area contributed by atoms with Gasteiger partial charge in [-0.25, -0.2) is 0 Å². The first-order chi connectivity index (χ1) is 19.3. The van der Waals surface area contributed by atoms with Crippen LogP contribution in [0.4, 0.5) is 5.69 Å². The summed E-state index contributed by atoms with van der Waals surface area (Å²) in [6, 6.07) is 47.8. The lowest BCUT2D eigenvalue weighted by Crippen LogP contribution is -1.95. The maximum absolute atomic E-state index is 6.35. The van der Waals surface area contributed by atoms with Gasteiger partial charge < -0.3 is 10.3 Å². The quantitative estimate of drug-likeness (QED) is 0.233. The molecule has 0 aliphatic rings. The summed E-state index contributed by atoms with van der Waals surface area (Å²) in [5.74, 6) is 0. The van der Waals surface area contributed by atoms with Crippen molar-refractivity contribution < 1.29 is 0 Å².